The molecular weight excluding hydrogens is 308 g/mol. The van der Waals surface area contributed by atoms with Gasteiger partial charge < -0.3 is 5.32 Å². The highest BCUT2D eigenvalue weighted by atomic mass is 32.1. The molecule has 0 spiro atoms. The fraction of sp³-hybridized carbons (Fsp3) is 0.231. The molecule has 0 radical (unpaired) electrons. The van der Waals surface area contributed by atoms with Gasteiger partial charge >= 0.3 is 6.18 Å². The third-order valence-corrected chi connectivity index (χ3v) is 3.33. The first-order chi connectivity index (χ1) is 9.89. The molecule has 1 aromatic carbocycles. The van der Waals surface area contributed by atoms with Crippen molar-refractivity contribution in [2.75, 3.05) is 6.54 Å². The SMILES string of the molecule is O=C(NCCc1cscn1)c1cccc(C(F)(F)F)c1F. The van der Waals surface area contributed by atoms with Crippen LogP contribution in [0.25, 0.3) is 0 Å². The highest BCUT2D eigenvalue weighted by Crippen LogP contribution is 2.32. The Morgan fingerprint density at radius 1 is 1.33 bits per heavy atom. The number of benzene rings is 1. The number of alkyl halides is 3. The average Bonchev–Trinajstić information content (AvgIpc) is 2.90. The lowest BCUT2D eigenvalue weighted by Gasteiger charge is -2.11. The topological polar surface area (TPSA) is 42.0 Å². The van der Waals surface area contributed by atoms with Gasteiger partial charge in [0.15, 0.2) is 0 Å². The Labute approximate surface area is 121 Å². The summed E-state index contributed by atoms with van der Waals surface area (Å²) >= 11 is 1.39. The Bertz CT molecular complexity index is 626. The van der Waals surface area contributed by atoms with Crippen LogP contribution in [-0.2, 0) is 12.6 Å². The second kappa shape index (κ2) is 6.21. The average molecular weight is 318 g/mol. The smallest absolute Gasteiger partial charge is 0.352 e. The number of halogens is 4. The Kier molecular flexibility index (Phi) is 4.56. The largest absolute Gasteiger partial charge is 0.419 e. The molecule has 0 aliphatic rings. The Balaban J connectivity index is 2.05. The molecule has 8 heteroatoms. The number of nitrogens with one attached hydrogen (secondary N) is 1. The molecule has 0 unspecified atom stereocenters. The van der Waals surface area contributed by atoms with Crippen LogP contribution in [0.5, 0.6) is 0 Å². The van der Waals surface area contributed by atoms with E-state index in [2.05, 4.69) is 10.3 Å². The molecule has 2 rings (SSSR count). The number of carbonyl (C=O) groups is 1. The molecule has 0 saturated heterocycles. The quantitative estimate of drug-likeness (QED) is 0.879. The molecule has 2 aromatic rings. The summed E-state index contributed by atoms with van der Waals surface area (Å²) in [5, 5.41) is 4.16. The number of aromatic nitrogens is 1. The third kappa shape index (κ3) is 3.78. The van der Waals surface area contributed by atoms with Crippen molar-refractivity contribution in [3.8, 4) is 0 Å². The summed E-state index contributed by atoms with van der Waals surface area (Å²) in [6.07, 6.45) is -4.41. The first-order valence-corrected chi connectivity index (χ1v) is 6.85. The molecule has 1 heterocycles. The molecule has 1 N–H and O–H groups in total. The molecule has 0 aliphatic carbocycles. The summed E-state index contributed by atoms with van der Waals surface area (Å²) < 4.78 is 51.4. The van der Waals surface area contributed by atoms with Crippen molar-refractivity contribution in [2.45, 2.75) is 12.6 Å². The van der Waals surface area contributed by atoms with Crippen molar-refractivity contribution in [1.82, 2.24) is 10.3 Å². The van der Waals surface area contributed by atoms with Gasteiger partial charge in [-0.2, -0.15) is 13.2 Å². The van der Waals surface area contributed by atoms with Crippen LogP contribution < -0.4 is 5.32 Å². The van der Waals surface area contributed by atoms with E-state index in [-0.39, 0.29) is 6.54 Å². The van der Waals surface area contributed by atoms with Crippen LogP contribution in [0.2, 0.25) is 0 Å². The first-order valence-electron chi connectivity index (χ1n) is 5.90. The predicted octanol–water partition coefficient (Wildman–Crippen LogP) is 3.27. The van der Waals surface area contributed by atoms with E-state index >= 15 is 0 Å². The zero-order chi connectivity index (χ0) is 15.5. The van der Waals surface area contributed by atoms with Gasteiger partial charge in [-0.15, -0.1) is 11.3 Å². The molecule has 0 aliphatic heterocycles. The molecule has 112 valence electrons. The number of carbonyl (C=O) groups excluding carboxylic acids is 1. The van der Waals surface area contributed by atoms with Crippen LogP contribution in [-0.4, -0.2) is 17.4 Å². The van der Waals surface area contributed by atoms with Crippen molar-refractivity contribution in [1.29, 1.82) is 0 Å². The maximum Gasteiger partial charge on any atom is 0.419 e. The fourth-order valence-electron chi connectivity index (χ4n) is 1.69. The molecule has 0 fully saturated rings. The van der Waals surface area contributed by atoms with Crippen molar-refractivity contribution >= 4 is 17.2 Å². The van der Waals surface area contributed by atoms with Gasteiger partial charge in [-0.25, -0.2) is 9.37 Å². The van der Waals surface area contributed by atoms with Gasteiger partial charge in [0.05, 0.1) is 22.3 Å². The monoisotopic (exact) mass is 318 g/mol. The van der Waals surface area contributed by atoms with Crippen molar-refractivity contribution in [3.05, 3.63) is 51.7 Å². The first kappa shape index (κ1) is 15.4. The van der Waals surface area contributed by atoms with Crippen molar-refractivity contribution in [2.24, 2.45) is 0 Å². The predicted molar refractivity (Wildman–Crippen MR) is 69.6 cm³/mol. The lowest BCUT2D eigenvalue weighted by atomic mass is 10.1. The second-order valence-corrected chi connectivity index (χ2v) is 4.87. The third-order valence-electron chi connectivity index (χ3n) is 2.70. The molecule has 0 bridgehead atoms. The second-order valence-electron chi connectivity index (χ2n) is 4.15. The van der Waals surface area contributed by atoms with Crippen molar-refractivity contribution in [3.63, 3.8) is 0 Å². The van der Waals surface area contributed by atoms with E-state index in [4.69, 9.17) is 0 Å². The van der Waals surface area contributed by atoms with Gasteiger partial charge in [0.2, 0.25) is 0 Å². The summed E-state index contributed by atoms with van der Waals surface area (Å²) in [4.78, 5) is 15.7. The van der Waals surface area contributed by atoms with Gasteiger partial charge in [0, 0.05) is 18.3 Å². The van der Waals surface area contributed by atoms with Crippen LogP contribution >= 0.6 is 11.3 Å². The summed E-state index contributed by atoms with van der Waals surface area (Å²) in [5.74, 6) is -2.44. The zero-order valence-electron chi connectivity index (χ0n) is 10.6. The Morgan fingerprint density at radius 3 is 2.71 bits per heavy atom. The summed E-state index contributed by atoms with van der Waals surface area (Å²) in [6, 6.07) is 2.62. The number of nitrogens with zero attached hydrogens (tertiary/aromatic N) is 1. The van der Waals surface area contributed by atoms with E-state index in [0.29, 0.717) is 12.5 Å². The van der Waals surface area contributed by atoms with Gasteiger partial charge in [-0.05, 0) is 12.1 Å². The highest BCUT2D eigenvalue weighted by molar-refractivity contribution is 7.07. The number of hydrogen-bond donors (Lipinski definition) is 1. The Hall–Kier alpha value is -1.96. The van der Waals surface area contributed by atoms with E-state index < -0.39 is 29.0 Å². The van der Waals surface area contributed by atoms with Crippen LogP contribution in [0.3, 0.4) is 0 Å². The standard InChI is InChI=1S/C13H10F4N2OS/c14-11-9(2-1-3-10(11)13(15,16)17)12(20)18-5-4-8-6-21-7-19-8/h1-3,6-7H,4-5H2,(H,18,20). The number of rotatable bonds is 4. The maximum atomic E-state index is 13.7. The minimum Gasteiger partial charge on any atom is -0.352 e. The normalized spacial score (nSPS) is 11.4. The minimum absolute atomic E-state index is 0.165. The Morgan fingerprint density at radius 2 is 2.10 bits per heavy atom. The lowest BCUT2D eigenvalue weighted by molar-refractivity contribution is -0.140. The number of hydrogen-bond acceptors (Lipinski definition) is 3. The molecule has 0 atom stereocenters. The van der Waals surface area contributed by atoms with Gasteiger partial charge in [0.1, 0.15) is 5.82 Å². The van der Waals surface area contributed by atoms with Crippen LogP contribution in [0, 0.1) is 5.82 Å². The molecule has 1 aromatic heterocycles. The van der Waals surface area contributed by atoms with Crippen molar-refractivity contribution < 1.29 is 22.4 Å². The molecule has 21 heavy (non-hydrogen) atoms. The minimum atomic E-state index is -4.83. The van der Waals surface area contributed by atoms with Crippen LogP contribution in [0.4, 0.5) is 17.6 Å². The van der Waals surface area contributed by atoms with Crippen LogP contribution in [0.15, 0.2) is 29.1 Å². The van der Waals surface area contributed by atoms with E-state index in [0.717, 1.165) is 17.8 Å². The van der Waals surface area contributed by atoms with Crippen LogP contribution in [0.1, 0.15) is 21.6 Å². The summed E-state index contributed by atoms with van der Waals surface area (Å²) in [5.41, 5.74) is 0.312. The number of amides is 1. The lowest BCUT2D eigenvalue weighted by Crippen LogP contribution is -2.27. The summed E-state index contributed by atoms with van der Waals surface area (Å²) in [6.45, 7) is 0.165. The molecular formula is C13H10F4N2OS. The van der Waals surface area contributed by atoms with E-state index in [9.17, 15) is 22.4 Å². The maximum absolute atomic E-state index is 13.7. The highest BCUT2D eigenvalue weighted by Gasteiger charge is 2.35. The van der Waals surface area contributed by atoms with E-state index in [1.807, 2.05) is 0 Å². The summed E-state index contributed by atoms with van der Waals surface area (Å²) in [7, 11) is 0. The molecule has 3 nitrogen and oxygen atoms in total. The fourth-order valence-corrected chi connectivity index (χ4v) is 2.28. The van der Waals surface area contributed by atoms with Gasteiger partial charge in [0.25, 0.3) is 5.91 Å². The molecule has 1 amide bonds. The number of thiazole rings is 1. The zero-order valence-corrected chi connectivity index (χ0v) is 11.4. The molecule has 0 saturated carbocycles. The van der Waals surface area contributed by atoms with Gasteiger partial charge in [-0.1, -0.05) is 6.07 Å². The van der Waals surface area contributed by atoms with E-state index in [1.165, 1.54) is 11.3 Å². The van der Waals surface area contributed by atoms with E-state index in [1.54, 1.807) is 10.9 Å². The van der Waals surface area contributed by atoms with Gasteiger partial charge in [-0.3, -0.25) is 4.79 Å².